The van der Waals surface area contributed by atoms with E-state index in [2.05, 4.69) is 15.5 Å². The zero-order valence-corrected chi connectivity index (χ0v) is 6.79. The number of anilines is 1. The van der Waals surface area contributed by atoms with Crippen molar-refractivity contribution < 1.29 is 4.52 Å². The highest BCUT2D eigenvalue weighted by molar-refractivity contribution is 5.09. The highest BCUT2D eigenvalue weighted by Gasteiger charge is 2.19. The van der Waals surface area contributed by atoms with Crippen molar-refractivity contribution in [3.8, 4) is 0 Å². The molecule has 2 rings (SSSR count). The van der Waals surface area contributed by atoms with E-state index < -0.39 is 0 Å². The van der Waals surface area contributed by atoms with Crippen molar-refractivity contribution in [2.24, 2.45) is 0 Å². The van der Waals surface area contributed by atoms with E-state index in [9.17, 15) is 0 Å². The van der Waals surface area contributed by atoms with Gasteiger partial charge in [0.15, 0.2) is 5.82 Å². The molecule has 2 heterocycles. The first kappa shape index (κ1) is 7.54. The largest absolute Gasteiger partial charge is 0.351 e. The molecule has 1 fully saturated rings. The van der Waals surface area contributed by atoms with E-state index in [0.29, 0.717) is 5.82 Å². The lowest BCUT2D eigenvalue weighted by Crippen LogP contribution is -2.27. The number of aromatic nitrogens is 2. The number of rotatable bonds is 1. The maximum absolute atomic E-state index is 5.32. The molecule has 1 aromatic rings. The van der Waals surface area contributed by atoms with Crippen molar-refractivity contribution in [2.75, 3.05) is 12.3 Å². The number of nitrogen functional groups attached to an aromatic ring is 1. The first-order valence-electron chi connectivity index (χ1n) is 4.19. The molecule has 0 aliphatic carbocycles. The lowest BCUT2D eigenvalue weighted by atomic mass is 10.0. The average molecular weight is 168 g/mol. The zero-order valence-electron chi connectivity index (χ0n) is 6.79. The molecule has 1 atom stereocenters. The fourth-order valence-electron chi connectivity index (χ4n) is 1.46. The maximum atomic E-state index is 5.32. The summed E-state index contributed by atoms with van der Waals surface area (Å²) in [5.41, 5.74) is 5.32. The molecule has 5 nitrogen and oxygen atoms in total. The Balaban J connectivity index is 2.08. The Hall–Kier alpha value is -1.10. The monoisotopic (exact) mass is 168 g/mol. The van der Waals surface area contributed by atoms with Crippen LogP contribution in [0.25, 0.3) is 0 Å². The van der Waals surface area contributed by atoms with E-state index in [1.54, 1.807) is 0 Å². The van der Waals surface area contributed by atoms with Crippen LogP contribution in [0.5, 0.6) is 0 Å². The Kier molecular flexibility index (Phi) is 1.95. The Labute approximate surface area is 70.3 Å². The Morgan fingerprint density at radius 3 is 3.00 bits per heavy atom. The summed E-state index contributed by atoms with van der Waals surface area (Å²) in [6.07, 6.45) is 3.51. The molecule has 0 radical (unpaired) electrons. The summed E-state index contributed by atoms with van der Waals surface area (Å²) in [6.45, 7) is 1.03. The van der Waals surface area contributed by atoms with E-state index in [-0.39, 0.29) is 12.1 Å². The van der Waals surface area contributed by atoms with Gasteiger partial charge < -0.3 is 15.6 Å². The van der Waals surface area contributed by atoms with Gasteiger partial charge in [0, 0.05) is 0 Å². The van der Waals surface area contributed by atoms with E-state index in [4.69, 9.17) is 10.3 Å². The molecule has 0 spiro atoms. The van der Waals surface area contributed by atoms with E-state index in [1.165, 1.54) is 12.8 Å². The van der Waals surface area contributed by atoms with Crippen molar-refractivity contribution in [3.05, 3.63) is 5.82 Å². The Morgan fingerprint density at radius 1 is 1.50 bits per heavy atom. The van der Waals surface area contributed by atoms with Crippen LogP contribution in [-0.4, -0.2) is 16.7 Å². The third-order valence-corrected chi connectivity index (χ3v) is 2.08. The minimum absolute atomic E-state index is 0.150. The topological polar surface area (TPSA) is 77.0 Å². The molecular formula is C7H12N4O. The molecule has 0 bridgehead atoms. The zero-order chi connectivity index (χ0) is 8.39. The van der Waals surface area contributed by atoms with Crippen molar-refractivity contribution in [2.45, 2.75) is 25.3 Å². The van der Waals surface area contributed by atoms with Crippen molar-refractivity contribution >= 4 is 6.01 Å². The van der Waals surface area contributed by atoms with Gasteiger partial charge >= 0.3 is 6.01 Å². The van der Waals surface area contributed by atoms with Crippen molar-refractivity contribution in [1.29, 1.82) is 0 Å². The third-order valence-electron chi connectivity index (χ3n) is 2.08. The van der Waals surface area contributed by atoms with Crippen LogP contribution in [0.15, 0.2) is 4.52 Å². The molecule has 3 N–H and O–H groups in total. The van der Waals surface area contributed by atoms with Crippen LogP contribution < -0.4 is 11.1 Å². The molecular weight excluding hydrogens is 156 g/mol. The predicted octanol–water partition coefficient (Wildman–Crippen LogP) is 0.466. The predicted molar refractivity (Wildman–Crippen MR) is 43.3 cm³/mol. The smallest absolute Gasteiger partial charge is 0.318 e. The van der Waals surface area contributed by atoms with Gasteiger partial charge in [-0.05, 0) is 19.4 Å². The van der Waals surface area contributed by atoms with Gasteiger partial charge in [0.25, 0.3) is 0 Å². The van der Waals surface area contributed by atoms with Crippen molar-refractivity contribution in [1.82, 2.24) is 15.5 Å². The number of piperidine rings is 1. The van der Waals surface area contributed by atoms with Gasteiger partial charge in [-0.1, -0.05) is 11.6 Å². The van der Waals surface area contributed by atoms with Crippen LogP contribution in [0.1, 0.15) is 31.1 Å². The second-order valence-electron chi connectivity index (χ2n) is 2.99. The highest BCUT2D eigenvalue weighted by Crippen LogP contribution is 2.20. The fraction of sp³-hybridized carbons (Fsp3) is 0.714. The first-order chi connectivity index (χ1) is 5.86. The molecule has 0 aromatic carbocycles. The van der Waals surface area contributed by atoms with Crippen LogP contribution in [0.4, 0.5) is 6.01 Å². The van der Waals surface area contributed by atoms with E-state index >= 15 is 0 Å². The van der Waals surface area contributed by atoms with Crippen LogP contribution in [0.2, 0.25) is 0 Å². The minimum Gasteiger partial charge on any atom is -0.351 e. The summed E-state index contributed by atoms with van der Waals surface area (Å²) >= 11 is 0. The van der Waals surface area contributed by atoms with Crippen LogP contribution in [0, 0.1) is 0 Å². The summed E-state index contributed by atoms with van der Waals surface area (Å²) < 4.78 is 4.69. The van der Waals surface area contributed by atoms with E-state index in [0.717, 1.165) is 13.0 Å². The number of nitrogens with one attached hydrogen (secondary N) is 1. The number of nitrogens with zero attached hydrogens (tertiary/aromatic N) is 2. The second kappa shape index (κ2) is 3.10. The number of hydrogen-bond donors (Lipinski definition) is 2. The minimum atomic E-state index is 0.150. The standard InChI is InChI=1S/C7H12N4O/c8-7-10-6(11-12-7)5-3-1-2-4-9-5/h5,9H,1-4H2,(H2,8,10,11). The lowest BCUT2D eigenvalue weighted by molar-refractivity contribution is 0.368. The molecule has 5 heteroatoms. The van der Waals surface area contributed by atoms with Gasteiger partial charge in [-0.3, -0.25) is 0 Å². The summed E-state index contributed by atoms with van der Waals surface area (Å²) in [5.74, 6) is 0.687. The summed E-state index contributed by atoms with van der Waals surface area (Å²) in [6, 6.07) is 0.386. The first-order valence-corrected chi connectivity index (χ1v) is 4.19. The van der Waals surface area contributed by atoms with Crippen molar-refractivity contribution in [3.63, 3.8) is 0 Å². The molecule has 12 heavy (non-hydrogen) atoms. The van der Waals surface area contributed by atoms with Gasteiger partial charge in [-0.25, -0.2) is 0 Å². The molecule has 1 saturated heterocycles. The lowest BCUT2D eigenvalue weighted by Gasteiger charge is -2.19. The van der Waals surface area contributed by atoms with Gasteiger partial charge in [0.1, 0.15) is 0 Å². The SMILES string of the molecule is Nc1nc(C2CCCCN2)no1. The molecule has 1 aliphatic rings. The highest BCUT2D eigenvalue weighted by atomic mass is 16.5. The Bertz CT molecular complexity index is 254. The van der Waals surface area contributed by atoms with Crippen LogP contribution >= 0.6 is 0 Å². The second-order valence-corrected chi connectivity index (χ2v) is 2.99. The molecule has 1 unspecified atom stereocenters. The average Bonchev–Trinajstić information content (AvgIpc) is 2.54. The normalized spacial score (nSPS) is 24.2. The summed E-state index contributed by atoms with van der Waals surface area (Å²) in [4.78, 5) is 3.97. The van der Waals surface area contributed by atoms with Crippen LogP contribution in [-0.2, 0) is 0 Å². The maximum Gasteiger partial charge on any atom is 0.318 e. The van der Waals surface area contributed by atoms with Gasteiger partial charge in [-0.2, -0.15) is 4.98 Å². The van der Waals surface area contributed by atoms with Gasteiger partial charge in [0.2, 0.25) is 0 Å². The summed E-state index contributed by atoms with van der Waals surface area (Å²) in [5, 5.41) is 7.07. The van der Waals surface area contributed by atoms with Crippen LogP contribution in [0.3, 0.4) is 0 Å². The van der Waals surface area contributed by atoms with Gasteiger partial charge in [-0.15, -0.1) is 0 Å². The molecule has 1 aromatic heterocycles. The third kappa shape index (κ3) is 1.40. The molecule has 1 aliphatic heterocycles. The molecule has 66 valence electrons. The quantitative estimate of drug-likeness (QED) is 0.637. The number of hydrogen-bond acceptors (Lipinski definition) is 5. The molecule has 0 amide bonds. The molecule has 0 saturated carbocycles. The van der Waals surface area contributed by atoms with E-state index in [1.807, 2.05) is 0 Å². The fourth-order valence-corrected chi connectivity index (χ4v) is 1.46. The number of nitrogens with two attached hydrogens (primary N) is 1. The summed E-state index contributed by atoms with van der Waals surface area (Å²) in [7, 11) is 0. The van der Waals surface area contributed by atoms with Gasteiger partial charge in [0.05, 0.1) is 6.04 Å². The Morgan fingerprint density at radius 2 is 2.42 bits per heavy atom.